The Kier molecular flexibility index (Phi) is 24.9. The summed E-state index contributed by atoms with van der Waals surface area (Å²) in [6, 6.07) is 1.17. The summed E-state index contributed by atoms with van der Waals surface area (Å²) in [6.07, 6.45) is 12.0. The van der Waals surface area contributed by atoms with Gasteiger partial charge in [-0.3, -0.25) is 33.5 Å². The van der Waals surface area contributed by atoms with E-state index in [1.807, 2.05) is 19.9 Å². The molecule has 0 saturated heterocycles. The van der Waals surface area contributed by atoms with Crippen molar-refractivity contribution >= 4 is 43.5 Å². The predicted molar refractivity (Wildman–Crippen MR) is 273 cm³/mol. The summed E-state index contributed by atoms with van der Waals surface area (Å²) >= 11 is 0. The molecule has 18 nitrogen and oxygen atoms in total. The smallest absolute Gasteiger partial charge is 0.444 e. The molecule has 2 aliphatic rings. The molecule has 1 aromatic heterocycles. The lowest BCUT2D eigenvalue weighted by molar-refractivity contribution is -0.135. The first-order valence-electron chi connectivity index (χ1n) is 26.3. The number of nitrogens with one attached hydrogen (secondary N) is 6. The standard InChI is InChI=1S/C52H90N7O11P/c1-12-35(6)44(47(62)54-32-38-25-19-20-30-53-38)58-45(60)39(33(2)3)31-42(70-71(66,67)68)40(28-26-36-21-15-13-16-22-36)55-48(63)43(34(4)5)57-46(61)41(29-27-37-23-17-14-18-24-37)56-49(64)52(10,11)59-50(65)69-51(7,8)9/h19-20,25,30,33-37,39-44H,12-18,21-24,26-29,31-32H2,1-11H3,(H,54,62)(H,55,63)(H,56,64)(H,57,61)(H,58,60)(H,59,65)(H2,66,67,68). The van der Waals surface area contributed by atoms with Gasteiger partial charge in [-0.25, -0.2) is 9.36 Å². The van der Waals surface area contributed by atoms with E-state index >= 15 is 0 Å². The molecule has 1 heterocycles. The van der Waals surface area contributed by atoms with Gasteiger partial charge < -0.3 is 46.4 Å². The number of hydrogen-bond donors (Lipinski definition) is 8. The molecule has 7 atom stereocenters. The van der Waals surface area contributed by atoms with Gasteiger partial charge in [-0.1, -0.05) is 118 Å². The maximum Gasteiger partial charge on any atom is 0.469 e. The van der Waals surface area contributed by atoms with Gasteiger partial charge in [-0.2, -0.15) is 0 Å². The average Bonchev–Trinajstić information content (AvgIpc) is 3.29. The number of amides is 6. The van der Waals surface area contributed by atoms with Crippen molar-refractivity contribution in [2.75, 3.05) is 0 Å². The Bertz CT molecular complexity index is 1890. The maximum atomic E-state index is 14.7. The van der Waals surface area contributed by atoms with Crippen LogP contribution < -0.4 is 31.9 Å². The molecule has 6 amide bonds. The van der Waals surface area contributed by atoms with E-state index in [9.17, 15) is 43.1 Å². The van der Waals surface area contributed by atoms with Crippen molar-refractivity contribution in [3.8, 4) is 0 Å². The van der Waals surface area contributed by atoms with Gasteiger partial charge in [0, 0.05) is 12.1 Å². The van der Waals surface area contributed by atoms with Crippen molar-refractivity contribution in [3.63, 3.8) is 0 Å². The third-order valence-corrected chi connectivity index (χ3v) is 14.6. The van der Waals surface area contributed by atoms with E-state index in [0.29, 0.717) is 36.8 Å². The van der Waals surface area contributed by atoms with Gasteiger partial charge in [0.05, 0.1) is 24.4 Å². The van der Waals surface area contributed by atoms with Crippen LogP contribution >= 0.6 is 7.82 Å². The van der Waals surface area contributed by atoms with Gasteiger partial charge in [-0.05, 0) is 108 Å². The molecule has 8 N–H and O–H groups in total. The largest absolute Gasteiger partial charge is 0.469 e. The second-order valence-electron chi connectivity index (χ2n) is 22.4. The molecular weight excluding hydrogens is 930 g/mol. The molecule has 2 saturated carbocycles. The molecule has 0 radical (unpaired) electrons. The molecule has 0 bridgehead atoms. The van der Waals surface area contributed by atoms with Crippen LogP contribution in [0.4, 0.5) is 4.79 Å². The number of carbonyl (C=O) groups is 6. The van der Waals surface area contributed by atoms with Crippen LogP contribution in [0.3, 0.4) is 0 Å². The number of aromatic nitrogens is 1. The van der Waals surface area contributed by atoms with Crippen LogP contribution in [0.25, 0.3) is 0 Å². The van der Waals surface area contributed by atoms with Gasteiger partial charge in [0.25, 0.3) is 0 Å². The fourth-order valence-corrected chi connectivity index (χ4v) is 10.1. The summed E-state index contributed by atoms with van der Waals surface area (Å²) in [5.74, 6) is -4.18. The average molecular weight is 1020 g/mol. The summed E-state index contributed by atoms with van der Waals surface area (Å²) in [5.41, 5.74) is -1.65. The third kappa shape index (κ3) is 22.3. The van der Waals surface area contributed by atoms with Crippen molar-refractivity contribution in [2.24, 2.45) is 35.5 Å². The summed E-state index contributed by atoms with van der Waals surface area (Å²) in [4.78, 5) is 109. The Morgan fingerprint density at radius 2 is 1.31 bits per heavy atom. The minimum Gasteiger partial charge on any atom is -0.444 e. The molecule has 0 spiro atoms. The molecule has 404 valence electrons. The highest BCUT2D eigenvalue weighted by molar-refractivity contribution is 7.46. The Labute approximate surface area is 423 Å². The van der Waals surface area contributed by atoms with Crippen LogP contribution in [0.5, 0.6) is 0 Å². The number of phosphoric acid groups is 1. The Morgan fingerprint density at radius 1 is 0.732 bits per heavy atom. The number of hydrogen-bond acceptors (Lipinski definition) is 10. The lowest BCUT2D eigenvalue weighted by atomic mass is 9.82. The van der Waals surface area contributed by atoms with Crippen molar-refractivity contribution in [1.82, 2.24) is 36.9 Å². The maximum absolute atomic E-state index is 14.7. The molecular formula is C52H90N7O11P. The first kappa shape index (κ1) is 61.2. The van der Waals surface area contributed by atoms with E-state index in [2.05, 4.69) is 36.9 Å². The Morgan fingerprint density at radius 3 is 1.82 bits per heavy atom. The minimum absolute atomic E-state index is 0.149. The lowest BCUT2D eigenvalue weighted by Gasteiger charge is -2.35. The second kappa shape index (κ2) is 28.9. The molecule has 2 aliphatic carbocycles. The zero-order valence-corrected chi connectivity index (χ0v) is 45.5. The summed E-state index contributed by atoms with van der Waals surface area (Å²) in [6.45, 7) is 19.2. The molecule has 7 unspecified atom stereocenters. The van der Waals surface area contributed by atoms with Crippen molar-refractivity contribution in [3.05, 3.63) is 30.1 Å². The van der Waals surface area contributed by atoms with E-state index in [-0.39, 0.29) is 31.7 Å². The first-order chi connectivity index (χ1) is 33.2. The van der Waals surface area contributed by atoms with E-state index in [0.717, 1.165) is 64.2 Å². The van der Waals surface area contributed by atoms with Crippen LogP contribution in [0.1, 0.15) is 185 Å². The van der Waals surface area contributed by atoms with Crippen LogP contribution in [-0.2, 0) is 44.3 Å². The Balaban J connectivity index is 1.95. The van der Waals surface area contributed by atoms with E-state index in [4.69, 9.17) is 9.26 Å². The number of nitrogens with zero attached hydrogens (tertiary/aromatic N) is 1. The van der Waals surface area contributed by atoms with Crippen molar-refractivity contribution < 1.29 is 52.4 Å². The highest BCUT2D eigenvalue weighted by Gasteiger charge is 2.40. The van der Waals surface area contributed by atoms with Gasteiger partial charge >= 0.3 is 13.9 Å². The third-order valence-electron chi connectivity index (χ3n) is 14.1. The van der Waals surface area contributed by atoms with Gasteiger partial charge in [0.15, 0.2) is 0 Å². The molecule has 1 aromatic rings. The highest BCUT2D eigenvalue weighted by Crippen LogP contribution is 2.41. The fraction of sp³-hybridized carbons (Fsp3) is 0.788. The number of ether oxygens (including phenoxy) is 1. The van der Waals surface area contributed by atoms with Crippen LogP contribution in [-0.4, -0.2) is 91.8 Å². The molecule has 2 fully saturated rings. The summed E-state index contributed by atoms with van der Waals surface area (Å²) in [5, 5.41) is 17.2. The lowest BCUT2D eigenvalue weighted by Crippen LogP contribution is -2.61. The van der Waals surface area contributed by atoms with Crippen LogP contribution in [0.2, 0.25) is 0 Å². The topological polar surface area (TPSA) is 263 Å². The highest BCUT2D eigenvalue weighted by atomic mass is 31.2. The number of rotatable bonds is 27. The number of pyridine rings is 1. The van der Waals surface area contributed by atoms with Gasteiger partial charge in [0.1, 0.15) is 29.3 Å². The zero-order valence-electron chi connectivity index (χ0n) is 44.6. The number of carbonyl (C=O) groups excluding carboxylic acids is 6. The molecule has 0 aliphatic heterocycles. The normalized spacial score (nSPS) is 18.2. The molecule has 71 heavy (non-hydrogen) atoms. The van der Waals surface area contributed by atoms with Gasteiger partial charge in [0.2, 0.25) is 29.5 Å². The predicted octanol–water partition coefficient (Wildman–Crippen LogP) is 7.50. The van der Waals surface area contributed by atoms with Gasteiger partial charge in [-0.15, -0.1) is 0 Å². The fourth-order valence-electron chi connectivity index (χ4n) is 9.55. The molecule has 19 heteroatoms. The van der Waals surface area contributed by atoms with E-state index in [1.54, 1.807) is 66.8 Å². The zero-order chi connectivity index (χ0) is 53.1. The first-order valence-corrected chi connectivity index (χ1v) is 27.9. The van der Waals surface area contributed by atoms with Crippen LogP contribution in [0, 0.1) is 35.5 Å². The van der Waals surface area contributed by atoms with E-state index < -0.39 is 103 Å². The summed E-state index contributed by atoms with van der Waals surface area (Å²) < 4.78 is 23.8. The summed E-state index contributed by atoms with van der Waals surface area (Å²) in [7, 11) is -5.24. The van der Waals surface area contributed by atoms with Crippen molar-refractivity contribution in [2.45, 2.75) is 227 Å². The van der Waals surface area contributed by atoms with Crippen LogP contribution in [0.15, 0.2) is 24.4 Å². The Hall–Kier alpha value is -4.12. The SMILES string of the molecule is CCC(C)C(NC(=O)C(CC(OP(=O)(O)O)C(CCC1CCCCC1)NC(=O)C(NC(=O)C(CCC1CCCCC1)NC(=O)C(C)(C)NC(=O)OC(C)(C)C)C(C)C)C(C)C)C(=O)NCc1ccccn1. The number of alkyl carbamates (subject to hydrolysis) is 1. The molecule has 3 rings (SSSR count). The monoisotopic (exact) mass is 1020 g/mol. The second-order valence-corrected chi connectivity index (χ2v) is 23.6. The quantitative estimate of drug-likeness (QED) is 0.0398. The minimum atomic E-state index is -5.24. The number of phosphoric ester groups is 1. The van der Waals surface area contributed by atoms with Crippen molar-refractivity contribution in [1.29, 1.82) is 0 Å². The van der Waals surface area contributed by atoms with E-state index in [1.165, 1.54) is 13.8 Å². The molecule has 0 aromatic carbocycles.